The predicted molar refractivity (Wildman–Crippen MR) is 101 cm³/mol. The zero-order chi connectivity index (χ0) is 18.8. The number of hydrogen-bond donors (Lipinski definition) is 2. The van der Waals surface area contributed by atoms with Crippen molar-refractivity contribution in [2.45, 2.75) is 25.3 Å². The summed E-state index contributed by atoms with van der Waals surface area (Å²) in [6.07, 6.45) is 6.10. The van der Waals surface area contributed by atoms with E-state index >= 15 is 0 Å². The molecule has 0 radical (unpaired) electrons. The summed E-state index contributed by atoms with van der Waals surface area (Å²) in [4.78, 5) is 27.7. The molecule has 0 spiro atoms. The van der Waals surface area contributed by atoms with Crippen LogP contribution in [-0.4, -0.2) is 45.2 Å². The number of nitrogens with zero attached hydrogens (tertiary/aromatic N) is 5. The average Bonchev–Trinajstić information content (AvgIpc) is 3.22. The lowest BCUT2D eigenvalue weighted by Crippen LogP contribution is -2.31. The van der Waals surface area contributed by atoms with Crippen LogP contribution < -0.4 is 10.2 Å². The SMILES string of the molecule is CN(C)c1ncc2c(n1)CCCC2NC(=O)c1ccc(-c2ncn[nH]2)cc1. The summed E-state index contributed by atoms with van der Waals surface area (Å²) in [5.41, 5.74) is 3.53. The molecule has 8 heteroatoms. The van der Waals surface area contributed by atoms with Gasteiger partial charge in [-0.15, -0.1) is 0 Å². The van der Waals surface area contributed by atoms with E-state index in [1.807, 2.05) is 37.3 Å². The highest BCUT2D eigenvalue weighted by Gasteiger charge is 2.24. The van der Waals surface area contributed by atoms with Crippen molar-refractivity contribution in [2.75, 3.05) is 19.0 Å². The molecule has 0 bridgehead atoms. The van der Waals surface area contributed by atoms with Gasteiger partial charge in [0, 0.05) is 37.0 Å². The number of carbonyl (C=O) groups is 1. The first-order valence-electron chi connectivity index (χ1n) is 8.91. The van der Waals surface area contributed by atoms with Crippen LogP contribution >= 0.6 is 0 Å². The van der Waals surface area contributed by atoms with Crippen molar-refractivity contribution in [3.05, 3.63) is 53.6 Å². The number of anilines is 1. The van der Waals surface area contributed by atoms with E-state index < -0.39 is 0 Å². The Bertz CT molecular complexity index is 935. The molecule has 1 unspecified atom stereocenters. The number of carbonyl (C=O) groups excluding carboxylic acids is 1. The molecule has 8 nitrogen and oxygen atoms in total. The lowest BCUT2D eigenvalue weighted by atomic mass is 9.92. The largest absolute Gasteiger partial charge is 0.347 e. The van der Waals surface area contributed by atoms with Crippen molar-refractivity contribution >= 4 is 11.9 Å². The van der Waals surface area contributed by atoms with Crippen molar-refractivity contribution in [2.24, 2.45) is 0 Å². The van der Waals surface area contributed by atoms with E-state index in [1.54, 1.807) is 12.1 Å². The van der Waals surface area contributed by atoms with E-state index in [9.17, 15) is 4.79 Å². The Labute approximate surface area is 157 Å². The number of aryl methyl sites for hydroxylation is 1. The van der Waals surface area contributed by atoms with Crippen molar-refractivity contribution in [3.8, 4) is 11.4 Å². The topological polar surface area (TPSA) is 99.7 Å². The Balaban J connectivity index is 1.50. The molecule has 1 aromatic carbocycles. The van der Waals surface area contributed by atoms with E-state index in [2.05, 4.69) is 30.5 Å². The number of benzene rings is 1. The first-order valence-corrected chi connectivity index (χ1v) is 8.91. The third-order valence-corrected chi connectivity index (χ3v) is 4.71. The Morgan fingerprint density at radius 3 is 2.74 bits per heavy atom. The molecule has 3 aromatic rings. The second kappa shape index (κ2) is 7.14. The average molecular weight is 363 g/mol. The van der Waals surface area contributed by atoms with Gasteiger partial charge in [0.05, 0.1) is 11.7 Å². The molecule has 4 rings (SSSR count). The monoisotopic (exact) mass is 363 g/mol. The smallest absolute Gasteiger partial charge is 0.251 e. The Morgan fingerprint density at radius 1 is 1.22 bits per heavy atom. The maximum absolute atomic E-state index is 12.7. The zero-order valence-electron chi connectivity index (χ0n) is 15.3. The van der Waals surface area contributed by atoms with Crippen LogP contribution in [0.25, 0.3) is 11.4 Å². The number of fused-ring (bicyclic) bond motifs is 1. The van der Waals surface area contributed by atoms with E-state index in [0.29, 0.717) is 17.3 Å². The normalized spacial score (nSPS) is 15.9. The molecule has 1 aliphatic rings. The highest BCUT2D eigenvalue weighted by molar-refractivity contribution is 5.94. The quantitative estimate of drug-likeness (QED) is 0.737. The molecule has 0 saturated carbocycles. The lowest BCUT2D eigenvalue weighted by molar-refractivity contribution is 0.0932. The van der Waals surface area contributed by atoms with E-state index in [1.165, 1.54) is 6.33 Å². The van der Waals surface area contributed by atoms with Crippen molar-refractivity contribution in [3.63, 3.8) is 0 Å². The van der Waals surface area contributed by atoms with Crippen molar-refractivity contribution < 1.29 is 4.79 Å². The lowest BCUT2D eigenvalue weighted by Gasteiger charge is -2.26. The maximum Gasteiger partial charge on any atom is 0.251 e. The van der Waals surface area contributed by atoms with E-state index in [0.717, 1.165) is 36.1 Å². The molecule has 1 atom stereocenters. The first-order chi connectivity index (χ1) is 13.1. The second-order valence-electron chi connectivity index (χ2n) is 6.80. The molecule has 2 N–H and O–H groups in total. The van der Waals surface area contributed by atoms with Gasteiger partial charge in [-0.05, 0) is 31.4 Å². The Kier molecular flexibility index (Phi) is 4.53. The van der Waals surface area contributed by atoms with Crippen LogP contribution in [0.2, 0.25) is 0 Å². The summed E-state index contributed by atoms with van der Waals surface area (Å²) in [6, 6.07) is 7.24. The van der Waals surface area contributed by atoms with Crippen LogP contribution in [0.15, 0.2) is 36.8 Å². The minimum absolute atomic E-state index is 0.0635. The molecule has 2 aromatic heterocycles. The fraction of sp³-hybridized carbons (Fsp3) is 0.316. The number of aromatic nitrogens is 5. The van der Waals surface area contributed by atoms with Gasteiger partial charge in [-0.3, -0.25) is 9.89 Å². The van der Waals surface area contributed by atoms with Gasteiger partial charge in [0.15, 0.2) is 5.82 Å². The van der Waals surface area contributed by atoms with Gasteiger partial charge < -0.3 is 10.2 Å². The van der Waals surface area contributed by atoms with Crippen molar-refractivity contribution in [1.29, 1.82) is 0 Å². The van der Waals surface area contributed by atoms with Crippen LogP contribution in [0.5, 0.6) is 0 Å². The molecular weight excluding hydrogens is 342 g/mol. The molecule has 2 heterocycles. The van der Waals surface area contributed by atoms with Gasteiger partial charge in [-0.2, -0.15) is 5.10 Å². The first kappa shape index (κ1) is 17.1. The fourth-order valence-electron chi connectivity index (χ4n) is 3.27. The van der Waals surface area contributed by atoms with E-state index in [-0.39, 0.29) is 11.9 Å². The molecule has 1 amide bonds. The van der Waals surface area contributed by atoms with Crippen LogP contribution in [-0.2, 0) is 6.42 Å². The van der Waals surface area contributed by atoms with Gasteiger partial charge in [-0.1, -0.05) is 12.1 Å². The predicted octanol–water partition coefficient (Wildman–Crippen LogP) is 2.14. The summed E-state index contributed by atoms with van der Waals surface area (Å²) in [6.45, 7) is 0. The molecule has 0 saturated heterocycles. The van der Waals surface area contributed by atoms with Gasteiger partial charge in [-0.25, -0.2) is 15.0 Å². The highest BCUT2D eigenvalue weighted by atomic mass is 16.1. The summed E-state index contributed by atoms with van der Waals surface area (Å²) < 4.78 is 0. The number of rotatable bonds is 4. The Morgan fingerprint density at radius 2 is 2.04 bits per heavy atom. The summed E-state index contributed by atoms with van der Waals surface area (Å²) >= 11 is 0. The number of nitrogens with one attached hydrogen (secondary N) is 2. The zero-order valence-corrected chi connectivity index (χ0v) is 15.3. The minimum Gasteiger partial charge on any atom is -0.347 e. The van der Waals surface area contributed by atoms with Crippen molar-refractivity contribution in [1.82, 2.24) is 30.5 Å². The van der Waals surface area contributed by atoms with Gasteiger partial charge in [0.2, 0.25) is 5.95 Å². The molecule has 138 valence electrons. The highest BCUT2D eigenvalue weighted by Crippen LogP contribution is 2.29. The molecule has 27 heavy (non-hydrogen) atoms. The summed E-state index contributed by atoms with van der Waals surface area (Å²) in [5.74, 6) is 1.27. The van der Waals surface area contributed by atoms with Crippen LogP contribution in [0, 0.1) is 0 Å². The van der Waals surface area contributed by atoms with Gasteiger partial charge >= 0.3 is 0 Å². The van der Waals surface area contributed by atoms with Gasteiger partial charge in [0.25, 0.3) is 5.91 Å². The fourth-order valence-corrected chi connectivity index (χ4v) is 3.27. The number of aromatic amines is 1. The van der Waals surface area contributed by atoms with Gasteiger partial charge in [0.1, 0.15) is 6.33 Å². The van der Waals surface area contributed by atoms with E-state index in [4.69, 9.17) is 0 Å². The number of hydrogen-bond acceptors (Lipinski definition) is 6. The van der Waals surface area contributed by atoms with Crippen LogP contribution in [0.3, 0.4) is 0 Å². The third kappa shape index (κ3) is 3.51. The van der Waals surface area contributed by atoms with Crippen LogP contribution in [0.4, 0.5) is 5.95 Å². The maximum atomic E-state index is 12.7. The number of H-pyrrole nitrogens is 1. The second-order valence-corrected chi connectivity index (χ2v) is 6.80. The molecular formula is C19H21N7O. The Hall–Kier alpha value is -3.29. The minimum atomic E-state index is -0.103. The molecule has 0 fully saturated rings. The number of amides is 1. The molecule has 1 aliphatic carbocycles. The standard InChI is InChI=1S/C19H21N7O/c1-26(2)19-20-10-14-15(4-3-5-16(14)24-19)23-18(27)13-8-6-12(7-9-13)17-21-11-22-25-17/h6-11,15H,3-5H2,1-2H3,(H,23,27)(H,21,22,25). The summed E-state index contributed by atoms with van der Waals surface area (Å²) in [7, 11) is 3.85. The summed E-state index contributed by atoms with van der Waals surface area (Å²) in [5, 5.41) is 9.78. The third-order valence-electron chi connectivity index (χ3n) is 4.71. The van der Waals surface area contributed by atoms with Crippen LogP contribution in [0.1, 0.15) is 40.5 Å². The molecule has 0 aliphatic heterocycles.